The average Bonchev–Trinajstić information content (AvgIpc) is 1.89. The molecule has 0 aliphatic heterocycles. The molecule has 2 nitrogen and oxygen atoms in total. The van der Waals surface area contributed by atoms with Crippen LogP contribution in [0.4, 0.5) is 0 Å². The van der Waals surface area contributed by atoms with E-state index in [1.54, 1.807) is 6.08 Å². The largest absolute Gasteiger partial charge is 0.412 e. The smallest absolute Gasteiger partial charge is 0.0644 e. The summed E-state index contributed by atoms with van der Waals surface area (Å²) in [6, 6.07) is 0. The summed E-state index contributed by atoms with van der Waals surface area (Å²) < 4.78 is 5.17. The molecule has 10 heavy (non-hydrogen) atoms. The maximum atomic E-state index is 5.17. The first-order chi connectivity index (χ1) is 4.41. The van der Waals surface area contributed by atoms with E-state index < -0.39 is 0 Å². The number of unbranched alkanes of at least 4 members (excludes halogenated alkanes) is 2. The summed E-state index contributed by atoms with van der Waals surface area (Å²) in [5, 5.41) is 0. The molecule has 0 aliphatic rings. The van der Waals surface area contributed by atoms with Crippen LogP contribution in [0.25, 0.3) is 0 Å². The van der Waals surface area contributed by atoms with Crippen LogP contribution in [0.5, 0.6) is 0 Å². The van der Waals surface area contributed by atoms with E-state index in [-0.39, 0.29) is 5.48 Å². The van der Waals surface area contributed by atoms with Crippen molar-refractivity contribution >= 4 is 0 Å². The van der Waals surface area contributed by atoms with Gasteiger partial charge in [0.2, 0.25) is 0 Å². The Hall–Kier alpha value is -0.340. The van der Waals surface area contributed by atoms with Gasteiger partial charge in [-0.05, 0) is 6.42 Å². The van der Waals surface area contributed by atoms with Gasteiger partial charge in [-0.1, -0.05) is 25.8 Å². The van der Waals surface area contributed by atoms with Crippen molar-refractivity contribution in [3.63, 3.8) is 0 Å². The molecular formula is C8H18O2. The highest BCUT2D eigenvalue weighted by atomic mass is 16.5. The Balaban J connectivity index is 0. The van der Waals surface area contributed by atoms with Crippen LogP contribution in [0, 0.1) is 0 Å². The lowest BCUT2D eigenvalue weighted by Crippen LogP contribution is -1.92. The van der Waals surface area contributed by atoms with Crippen LogP contribution >= 0.6 is 0 Å². The van der Waals surface area contributed by atoms with Crippen LogP contribution in [0.15, 0.2) is 12.7 Å². The van der Waals surface area contributed by atoms with Gasteiger partial charge in [0.25, 0.3) is 0 Å². The fourth-order valence-electron chi connectivity index (χ4n) is 0.621. The van der Waals surface area contributed by atoms with Gasteiger partial charge in [0.05, 0.1) is 6.61 Å². The van der Waals surface area contributed by atoms with E-state index in [4.69, 9.17) is 4.74 Å². The third-order valence-corrected chi connectivity index (χ3v) is 1.13. The second kappa shape index (κ2) is 11.5. The van der Waals surface area contributed by atoms with E-state index in [2.05, 4.69) is 13.5 Å². The van der Waals surface area contributed by atoms with Crippen molar-refractivity contribution in [2.45, 2.75) is 26.2 Å². The van der Waals surface area contributed by atoms with Gasteiger partial charge < -0.3 is 10.2 Å². The molecule has 0 saturated carbocycles. The van der Waals surface area contributed by atoms with Crippen molar-refractivity contribution in [1.29, 1.82) is 0 Å². The molecule has 2 heteroatoms. The van der Waals surface area contributed by atoms with E-state index in [0.717, 1.165) is 6.61 Å². The Bertz CT molecular complexity index is 62.3. The highest BCUT2D eigenvalue weighted by Gasteiger charge is 1.83. The first-order valence-electron chi connectivity index (χ1n) is 3.60. The van der Waals surface area contributed by atoms with Gasteiger partial charge in [-0.25, -0.2) is 0 Å². The second-order valence-electron chi connectivity index (χ2n) is 2.07. The summed E-state index contributed by atoms with van der Waals surface area (Å²) in [6.45, 7) is 7.33. The van der Waals surface area contributed by atoms with E-state index in [1.165, 1.54) is 19.3 Å². The Labute approximate surface area is 63.2 Å². The molecule has 0 amide bonds. The van der Waals surface area contributed by atoms with Gasteiger partial charge in [0, 0.05) is 6.61 Å². The molecule has 0 heterocycles. The maximum Gasteiger partial charge on any atom is 0.0644 e. The first kappa shape index (κ1) is 12.3. The van der Waals surface area contributed by atoms with Crippen molar-refractivity contribution < 1.29 is 10.2 Å². The average molecular weight is 146 g/mol. The van der Waals surface area contributed by atoms with Gasteiger partial charge >= 0.3 is 0 Å². The van der Waals surface area contributed by atoms with Crippen molar-refractivity contribution in [2.24, 2.45) is 0 Å². The summed E-state index contributed by atoms with van der Waals surface area (Å²) in [5.41, 5.74) is 0. The number of hydrogen-bond acceptors (Lipinski definition) is 1. The van der Waals surface area contributed by atoms with Gasteiger partial charge in [0.15, 0.2) is 0 Å². The molecule has 0 fully saturated rings. The Morgan fingerprint density at radius 1 is 1.40 bits per heavy atom. The minimum atomic E-state index is 0. The van der Waals surface area contributed by atoms with E-state index in [0.29, 0.717) is 6.61 Å². The van der Waals surface area contributed by atoms with Crippen molar-refractivity contribution in [1.82, 2.24) is 0 Å². The highest BCUT2D eigenvalue weighted by Crippen LogP contribution is 1.93. The lowest BCUT2D eigenvalue weighted by molar-refractivity contribution is 0.158. The van der Waals surface area contributed by atoms with E-state index >= 15 is 0 Å². The van der Waals surface area contributed by atoms with Crippen LogP contribution in [0.1, 0.15) is 26.2 Å². The Morgan fingerprint density at radius 3 is 2.60 bits per heavy atom. The van der Waals surface area contributed by atoms with Crippen LogP contribution in [-0.4, -0.2) is 18.7 Å². The molecule has 2 N–H and O–H groups in total. The molecule has 0 bridgehead atoms. The molecule has 0 aromatic rings. The third-order valence-electron chi connectivity index (χ3n) is 1.13. The van der Waals surface area contributed by atoms with Gasteiger partial charge in [-0.15, -0.1) is 6.58 Å². The van der Waals surface area contributed by atoms with Crippen LogP contribution in [-0.2, 0) is 4.74 Å². The molecule has 0 atom stereocenters. The predicted octanol–water partition coefficient (Wildman–Crippen LogP) is 1.55. The summed E-state index contributed by atoms with van der Waals surface area (Å²) in [4.78, 5) is 0. The van der Waals surface area contributed by atoms with Crippen LogP contribution in [0.3, 0.4) is 0 Å². The molecule has 0 rings (SSSR count). The molecule has 0 aliphatic carbocycles. The second-order valence-corrected chi connectivity index (χ2v) is 2.07. The van der Waals surface area contributed by atoms with Gasteiger partial charge in [-0.3, -0.25) is 0 Å². The molecular weight excluding hydrogens is 128 g/mol. The monoisotopic (exact) mass is 146 g/mol. The number of ether oxygens (including phenoxy) is 1. The zero-order chi connectivity index (χ0) is 6.95. The standard InChI is InChI=1S/C8H16O.H2O/c1-3-5-6-8-9-7-4-2;/h4H,2-3,5-8H2,1H3;1H2. The maximum absolute atomic E-state index is 5.17. The quantitative estimate of drug-likeness (QED) is 0.414. The van der Waals surface area contributed by atoms with Crippen molar-refractivity contribution in [3.8, 4) is 0 Å². The molecule has 0 aromatic carbocycles. The zero-order valence-electron chi connectivity index (χ0n) is 6.73. The lowest BCUT2D eigenvalue weighted by Gasteiger charge is -1.97. The number of hydrogen-bond donors (Lipinski definition) is 0. The van der Waals surface area contributed by atoms with Gasteiger partial charge in [-0.2, -0.15) is 0 Å². The van der Waals surface area contributed by atoms with E-state index in [1.807, 2.05) is 0 Å². The Morgan fingerprint density at radius 2 is 2.10 bits per heavy atom. The molecule has 0 aromatic heterocycles. The first-order valence-corrected chi connectivity index (χ1v) is 3.60. The molecule has 0 spiro atoms. The minimum absolute atomic E-state index is 0. The van der Waals surface area contributed by atoms with Crippen molar-refractivity contribution in [2.75, 3.05) is 13.2 Å². The SMILES string of the molecule is C=CCOCCCCC.O. The van der Waals surface area contributed by atoms with Crippen molar-refractivity contribution in [3.05, 3.63) is 12.7 Å². The van der Waals surface area contributed by atoms with Gasteiger partial charge in [0.1, 0.15) is 0 Å². The summed E-state index contributed by atoms with van der Waals surface area (Å²) in [7, 11) is 0. The lowest BCUT2D eigenvalue weighted by atomic mass is 10.3. The fraction of sp³-hybridized carbons (Fsp3) is 0.750. The normalized spacial score (nSPS) is 8.50. The summed E-state index contributed by atoms with van der Waals surface area (Å²) >= 11 is 0. The fourth-order valence-corrected chi connectivity index (χ4v) is 0.621. The molecule has 0 saturated heterocycles. The topological polar surface area (TPSA) is 40.7 Å². The number of rotatable bonds is 6. The van der Waals surface area contributed by atoms with Crippen LogP contribution < -0.4 is 0 Å². The predicted molar refractivity (Wildman–Crippen MR) is 44.2 cm³/mol. The van der Waals surface area contributed by atoms with Crippen LogP contribution in [0.2, 0.25) is 0 Å². The summed E-state index contributed by atoms with van der Waals surface area (Å²) in [5.74, 6) is 0. The summed E-state index contributed by atoms with van der Waals surface area (Å²) in [6.07, 6.45) is 5.50. The minimum Gasteiger partial charge on any atom is -0.412 e. The Kier molecular flexibility index (Phi) is 14.1. The van der Waals surface area contributed by atoms with E-state index in [9.17, 15) is 0 Å². The third kappa shape index (κ3) is 10.6. The molecule has 0 radical (unpaired) electrons. The highest BCUT2D eigenvalue weighted by molar-refractivity contribution is 4.63. The molecule has 0 unspecified atom stereocenters. The molecule has 62 valence electrons. The zero-order valence-corrected chi connectivity index (χ0v) is 6.73.